The maximum atomic E-state index is 6.45. The molecule has 0 amide bonds. The molecular formula is C17H14Cl2N4. The van der Waals surface area contributed by atoms with Gasteiger partial charge in [0.1, 0.15) is 5.82 Å². The molecule has 23 heavy (non-hydrogen) atoms. The van der Waals surface area contributed by atoms with E-state index in [0.717, 1.165) is 34.9 Å². The van der Waals surface area contributed by atoms with Gasteiger partial charge in [0, 0.05) is 36.4 Å². The van der Waals surface area contributed by atoms with Crippen LogP contribution in [0.25, 0.3) is 16.6 Å². The lowest BCUT2D eigenvalue weighted by Gasteiger charge is -2.21. The molecule has 1 aliphatic heterocycles. The minimum absolute atomic E-state index is 0.513. The molecule has 0 N–H and O–H groups in total. The molecule has 3 heterocycles. The molecule has 3 aromatic rings. The van der Waals surface area contributed by atoms with E-state index in [9.17, 15) is 0 Å². The van der Waals surface area contributed by atoms with E-state index < -0.39 is 0 Å². The Kier molecular flexibility index (Phi) is 2.88. The Morgan fingerprint density at radius 2 is 2.13 bits per heavy atom. The molecule has 0 bridgehead atoms. The minimum Gasteiger partial charge on any atom is -0.353 e. The average molecular weight is 345 g/mol. The molecule has 0 unspecified atom stereocenters. The molecule has 6 heteroatoms. The van der Waals surface area contributed by atoms with E-state index in [0.29, 0.717) is 16.1 Å². The summed E-state index contributed by atoms with van der Waals surface area (Å²) in [5.74, 6) is 1.83. The lowest BCUT2D eigenvalue weighted by atomic mass is 10.1. The quantitative estimate of drug-likeness (QED) is 0.693. The van der Waals surface area contributed by atoms with Crippen molar-refractivity contribution in [1.82, 2.24) is 14.5 Å². The van der Waals surface area contributed by atoms with Gasteiger partial charge >= 0.3 is 0 Å². The Bertz CT molecular complexity index is 907. The number of hydrogen-bond donors (Lipinski definition) is 0. The van der Waals surface area contributed by atoms with E-state index in [1.54, 1.807) is 12.5 Å². The second-order valence-electron chi connectivity index (χ2n) is 6.27. The number of nitrogens with zero attached hydrogens (tertiary/aromatic N) is 4. The number of piperidine rings is 1. The van der Waals surface area contributed by atoms with Crippen molar-refractivity contribution in [1.29, 1.82) is 0 Å². The van der Waals surface area contributed by atoms with Crippen LogP contribution in [0.15, 0.2) is 36.9 Å². The number of pyridine rings is 1. The van der Waals surface area contributed by atoms with E-state index in [-0.39, 0.29) is 0 Å². The Morgan fingerprint density at radius 3 is 2.83 bits per heavy atom. The van der Waals surface area contributed by atoms with Crippen LogP contribution in [-0.2, 0) is 0 Å². The summed E-state index contributed by atoms with van der Waals surface area (Å²) < 4.78 is 2.00. The third kappa shape index (κ3) is 2.05. The van der Waals surface area contributed by atoms with Gasteiger partial charge < -0.3 is 9.47 Å². The zero-order valence-corrected chi connectivity index (χ0v) is 13.8. The highest BCUT2D eigenvalue weighted by Crippen LogP contribution is 2.47. The van der Waals surface area contributed by atoms with Crippen molar-refractivity contribution in [3.63, 3.8) is 0 Å². The number of imidazole rings is 1. The fourth-order valence-corrected chi connectivity index (χ4v) is 4.00. The van der Waals surface area contributed by atoms with Crippen LogP contribution in [0.3, 0.4) is 0 Å². The maximum absolute atomic E-state index is 6.45. The van der Waals surface area contributed by atoms with Gasteiger partial charge in [0.05, 0.1) is 27.6 Å². The van der Waals surface area contributed by atoms with Gasteiger partial charge in [-0.3, -0.25) is 0 Å². The predicted octanol–water partition coefficient (Wildman–Crippen LogP) is 4.33. The fraction of sp³-hybridized carbons (Fsp3) is 0.294. The predicted molar refractivity (Wildman–Crippen MR) is 92.7 cm³/mol. The molecule has 5 rings (SSSR count). The van der Waals surface area contributed by atoms with Crippen LogP contribution in [0, 0.1) is 5.92 Å². The molecule has 2 aromatic heterocycles. The molecule has 0 radical (unpaired) electrons. The summed E-state index contributed by atoms with van der Waals surface area (Å²) in [6.07, 6.45) is 8.05. The highest BCUT2D eigenvalue weighted by Gasteiger charge is 2.47. The second-order valence-corrected chi connectivity index (χ2v) is 7.06. The summed E-state index contributed by atoms with van der Waals surface area (Å²) in [4.78, 5) is 11.4. The van der Waals surface area contributed by atoms with Crippen molar-refractivity contribution < 1.29 is 0 Å². The van der Waals surface area contributed by atoms with E-state index in [4.69, 9.17) is 28.2 Å². The normalized spacial score (nSPS) is 22.6. The number of hydrogen-bond acceptors (Lipinski definition) is 3. The highest BCUT2D eigenvalue weighted by molar-refractivity contribution is 6.45. The fourth-order valence-electron chi connectivity index (χ4n) is 3.64. The molecule has 1 aromatic carbocycles. The zero-order chi connectivity index (χ0) is 15.6. The van der Waals surface area contributed by atoms with Crippen molar-refractivity contribution in [3.8, 4) is 5.69 Å². The Labute approximate surface area is 143 Å². The summed E-state index contributed by atoms with van der Waals surface area (Å²) >= 11 is 12.7. The summed E-state index contributed by atoms with van der Waals surface area (Å²) in [5.41, 5.74) is 1.79. The van der Waals surface area contributed by atoms with Crippen LogP contribution in [0.5, 0.6) is 0 Å². The van der Waals surface area contributed by atoms with Crippen molar-refractivity contribution >= 4 is 39.9 Å². The lowest BCUT2D eigenvalue weighted by Crippen LogP contribution is -2.23. The molecule has 4 nitrogen and oxygen atoms in total. The smallest absolute Gasteiger partial charge is 0.131 e. The Morgan fingerprint density at radius 1 is 1.22 bits per heavy atom. The van der Waals surface area contributed by atoms with E-state index in [1.807, 2.05) is 22.9 Å². The largest absolute Gasteiger partial charge is 0.353 e. The summed E-state index contributed by atoms with van der Waals surface area (Å²) in [6, 6.07) is 6.57. The SMILES string of the molecule is Clc1ccc2c(-n3ccnc3)cc(N3CC[C@H]4C[C@H]43)nc2c1Cl. The molecule has 1 saturated carbocycles. The second kappa shape index (κ2) is 4.86. The molecule has 0 spiro atoms. The first-order valence-corrected chi connectivity index (χ1v) is 8.51. The number of aromatic nitrogens is 3. The third-order valence-corrected chi connectivity index (χ3v) is 5.73. The van der Waals surface area contributed by atoms with Gasteiger partial charge in [-0.1, -0.05) is 23.2 Å². The van der Waals surface area contributed by atoms with Crippen LogP contribution >= 0.6 is 23.2 Å². The first-order chi connectivity index (χ1) is 11.2. The molecule has 1 aliphatic carbocycles. The first kappa shape index (κ1) is 13.6. The topological polar surface area (TPSA) is 34.0 Å². The Hall–Kier alpha value is -1.78. The zero-order valence-electron chi connectivity index (χ0n) is 12.3. The van der Waals surface area contributed by atoms with Crippen LogP contribution in [0.1, 0.15) is 12.8 Å². The molecule has 1 saturated heterocycles. The van der Waals surface area contributed by atoms with Gasteiger partial charge in [-0.05, 0) is 30.9 Å². The van der Waals surface area contributed by atoms with Crippen molar-refractivity contribution in [3.05, 3.63) is 47.0 Å². The minimum atomic E-state index is 0.513. The number of anilines is 1. The highest BCUT2D eigenvalue weighted by atomic mass is 35.5. The van der Waals surface area contributed by atoms with Gasteiger partial charge in [-0.2, -0.15) is 0 Å². The van der Waals surface area contributed by atoms with Crippen LogP contribution in [0.2, 0.25) is 10.0 Å². The van der Waals surface area contributed by atoms with Gasteiger partial charge in [-0.25, -0.2) is 9.97 Å². The van der Waals surface area contributed by atoms with Crippen LogP contribution < -0.4 is 4.90 Å². The van der Waals surface area contributed by atoms with Crippen LogP contribution in [-0.4, -0.2) is 27.1 Å². The van der Waals surface area contributed by atoms with Crippen molar-refractivity contribution in [2.24, 2.45) is 5.92 Å². The van der Waals surface area contributed by atoms with Gasteiger partial charge in [0.15, 0.2) is 0 Å². The molecule has 2 fully saturated rings. The number of rotatable bonds is 2. The summed E-state index contributed by atoms with van der Waals surface area (Å²) in [6.45, 7) is 1.06. The van der Waals surface area contributed by atoms with Gasteiger partial charge in [-0.15, -0.1) is 0 Å². The maximum Gasteiger partial charge on any atom is 0.131 e. The number of fused-ring (bicyclic) bond motifs is 2. The molecular weight excluding hydrogens is 331 g/mol. The van der Waals surface area contributed by atoms with E-state index in [1.165, 1.54) is 12.8 Å². The van der Waals surface area contributed by atoms with Crippen LogP contribution in [0.4, 0.5) is 5.82 Å². The Balaban J connectivity index is 1.78. The van der Waals surface area contributed by atoms with Gasteiger partial charge in [0.25, 0.3) is 0 Å². The first-order valence-electron chi connectivity index (χ1n) is 7.76. The van der Waals surface area contributed by atoms with Gasteiger partial charge in [0.2, 0.25) is 0 Å². The van der Waals surface area contributed by atoms with E-state index in [2.05, 4.69) is 16.0 Å². The molecule has 2 atom stereocenters. The lowest BCUT2D eigenvalue weighted by molar-refractivity contribution is 0.793. The monoisotopic (exact) mass is 344 g/mol. The number of halogens is 2. The summed E-state index contributed by atoms with van der Waals surface area (Å²) in [7, 11) is 0. The van der Waals surface area contributed by atoms with E-state index >= 15 is 0 Å². The standard InChI is InChI=1S/C17H14Cl2N4/c18-12-2-1-11-14(22-6-4-20-9-22)8-15(21-17(11)16(12)19)23-5-3-10-7-13(10)23/h1-2,4,6,8-10,13H,3,5,7H2/t10-,13+/m0/s1. The van der Waals surface area contributed by atoms with Crippen molar-refractivity contribution in [2.45, 2.75) is 18.9 Å². The molecule has 116 valence electrons. The number of benzene rings is 1. The average Bonchev–Trinajstić information content (AvgIpc) is 3.00. The van der Waals surface area contributed by atoms with Crippen molar-refractivity contribution in [2.75, 3.05) is 11.4 Å². The third-order valence-electron chi connectivity index (χ3n) is 4.94. The summed E-state index contributed by atoms with van der Waals surface area (Å²) in [5, 5.41) is 2.03. The molecule has 2 aliphatic rings.